The van der Waals surface area contributed by atoms with Crippen LogP contribution in [0.25, 0.3) is 0 Å². The number of halogens is 2. The highest BCUT2D eigenvalue weighted by molar-refractivity contribution is 8.15. The van der Waals surface area contributed by atoms with Crippen LogP contribution >= 0.6 is 35.0 Å². The number of amides is 1. The van der Waals surface area contributed by atoms with Crippen LogP contribution in [-0.4, -0.2) is 53.7 Å². The Morgan fingerprint density at radius 2 is 2.17 bits per heavy atom. The third kappa shape index (κ3) is 3.49. The topological polar surface area (TPSA) is 66.8 Å². The summed E-state index contributed by atoms with van der Waals surface area (Å²) in [4.78, 5) is 18.4. The highest BCUT2D eigenvalue weighted by Crippen LogP contribution is 2.38. The molecule has 0 unspecified atom stereocenters. The van der Waals surface area contributed by atoms with Gasteiger partial charge in [-0.15, -0.1) is 6.58 Å². The zero-order chi connectivity index (χ0) is 17.5. The van der Waals surface area contributed by atoms with E-state index >= 15 is 0 Å². The molecule has 128 valence electrons. The molecule has 0 bridgehead atoms. The molecular formula is C15H14Cl2N2O3S2. The number of carbonyl (C=O) groups is 1. The van der Waals surface area contributed by atoms with Gasteiger partial charge in [0.25, 0.3) is 5.91 Å². The van der Waals surface area contributed by atoms with Gasteiger partial charge < -0.3 is 4.90 Å². The van der Waals surface area contributed by atoms with E-state index in [1.165, 1.54) is 23.9 Å². The molecule has 24 heavy (non-hydrogen) atoms. The predicted octanol–water partition coefficient (Wildman–Crippen LogP) is 2.89. The Bertz CT molecular complexity index is 839. The van der Waals surface area contributed by atoms with Gasteiger partial charge in [0.15, 0.2) is 15.0 Å². The van der Waals surface area contributed by atoms with E-state index in [1.54, 1.807) is 12.1 Å². The summed E-state index contributed by atoms with van der Waals surface area (Å²) in [5.41, 5.74) is 0.261. The number of hydrogen-bond donors (Lipinski definition) is 0. The van der Waals surface area contributed by atoms with Crippen LogP contribution in [0.15, 0.2) is 35.8 Å². The zero-order valence-corrected chi connectivity index (χ0v) is 15.6. The van der Waals surface area contributed by atoms with E-state index in [0.717, 1.165) is 0 Å². The summed E-state index contributed by atoms with van der Waals surface area (Å²) in [7, 11) is -3.04. The summed E-state index contributed by atoms with van der Waals surface area (Å²) in [6.07, 6.45) is 1.67. The number of nitrogens with zero attached hydrogens (tertiary/aromatic N) is 2. The lowest BCUT2D eigenvalue weighted by Crippen LogP contribution is -2.37. The Morgan fingerprint density at radius 1 is 1.42 bits per heavy atom. The van der Waals surface area contributed by atoms with Crippen molar-refractivity contribution < 1.29 is 13.2 Å². The number of fused-ring (bicyclic) bond motifs is 1. The van der Waals surface area contributed by atoms with E-state index in [0.29, 0.717) is 16.7 Å². The fourth-order valence-corrected chi connectivity index (χ4v) is 7.25. The number of rotatable bonds is 3. The third-order valence-electron chi connectivity index (χ3n) is 3.86. The fraction of sp³-hybridized carbons (Fsp3) is 0.333. The van der Waals surface area contributed by atoms with Crippen LogP contribution < -0.4 is 0 Å². The van der Waals surface area contributed by atoms with E-state index < -0.39 is 15.7 Å². The second-order valence-corrected chi connectivity index (χ2v) is 9.77. The lowest BCUT2D eigenvalue weighted by Gasteiger charge is -2.22. The molecule has 1 aromatic carbocycles. The molecule has 9 heteroatoms. The molecule has 0 spiro atoms. The van der Waals surface area contributed by atoms with Crippen LogP contribution in [0.3, 0.4) is 0 Å². The second kappa shape index (κ2) is 6.71. The maximum Gasteiger partial charge on any atom is 0.280 e. The molecule has 0 aromatic heterocycles. The normalized spacial score (nSPS) is 26.6. The SMILES string of the molecule is C=CCN1C(=NC(=O)c2ccc(Cl)cc2Cl)S[C@@H]2CS(=O)(=O)C[C@H]21. The van der Waals surface area contributed by atoms with Crippen molar-refractivity contribution in [1.82, 2.24) is 4.90 Å². The molecule has 2 fully saturated rings. The van der Waals surface area contributed by atoms with Gasteiger partial charge in [0.1, 0.15) is 0 Å². The van der Waals surface area contributed by atoms with Crippen LogP contribution in [-0.2, 0) is 9.84 Å². The number of carbonyl (C=O) groups excluding carboxylic acids is 1. The number of sulfone groups is 1. The van der Waals surface area contributed by atoms with Gasteiger partial charge in [0, 0.05) is 16.8 Å². The van der Waals surface area contributed by atoms with Crippen molar-refractivity contribution >= 4 is 55.9 Å². The van der Waals surface area contributed by atoms with Gasteiger partial charge in [0.05, 0.1) is 28.1 Å². The van der Waals surface area contributed by atoms with Crippen LogP contribution in [0.1, 0.15) is 10.4 Å². The van der Waals surface area contributed by atoms with E-state index in [4.69, 9.17) is 23.2 Å². The molecule has 2 heterocycles. The van der Waals surface area contributed by atoms with Gasteiger partial charge in [-0.3, -0.25) is 4.79 Å². The quantitative estimate of drug-likeness (QED) is 0.724. The van der Waals surface area contributed by atoms with Crippen molar-refractivity contribution in [2.75, 3.05) is 18.1 Å². The number of amidine groups is 1. The number of aliphatic imine (C=N–C) groups is 1. The zero-order valence-electron chi connectivity index (χ0n) is 12.5. The molecule has 0 N–H and O–H groups in total. The molecule has 2 saturated heterocycles. The molecule has 0 saturated carbocycles. The molecule has 2 aliphatic heterocycles. The summed E-state index contributed by atoms with van der Waals surface area (Å²) >= 11 is 13.2. The van der Waals surface area contributed by atoms with Crippen molar-refractivity contribution in [2.45, 2.75) is 11.3 Å². The van der Waals surface area contributed by atoms with Crippen LogP contribution in [0.5, 0.6) is 0 Å². The monoisotopic (exact) mass is 404 g/mol. The standard InChI is InChI=1S/C15H14Cl2N2O3S2/c1-2-5-19-12-7-24(21,22)8-13(12)23-15(19)18-14(20)10-4-3-9(16)6-11(10)17/h2-4,6,12-13H,1,5,7-8H2/t12-,13-/m1/s1. The maximum atomic E-state index is 12.4. The van der Waals surface area contributed by atoms with Gasteiger partial charge in [-0.25, -0.2) is 8.42 Å². The van der Waals surface area contributed by atoms with Crippen LogP contribution in [0, 0.1) is 0 Å². The Morgan fingerprint density at radius 3 is 2.83 bits per heavy atom. The Kier molecular flexibility index (Phi) is 4.97. The molecular weight excluding hydrogens is 391 g/mol. The van der Waals surface area contributed by atoms with Gasteiger partial charge in [-0.2, -0.15) is 4.99 Å². The van der Waals surface area contributed by atoms with Crippen LogP contribution in [0.4, 0.5) is 0 Å². The summed E-state index contributed by atoms with van der Waals surface area (Å²) in [6.45, 7) is 4.13. The van der Waals surface area contributed by atoms with E-state index in [-0.39, 0.29) is 33.4 Å². The predicted molar refractivity (Wildman–Crippen MR) is 99.0 cm³/mol. The highest BCUT2D eigenvalue weighted by atomic mass is 35.5. The number of thioether (sulfide) groups is 1. The molecule has 2 atom stereocenters. The molecule has 0 aliphatic carbocycles. The fourth-order valence-electron chi connectivity index (χ4n) is 2.80. The first-order chi connectivity index (χ1) is 11.3. The summed E-state index contributed by atoms with van der Waals surface area (Å²) < 4.78 is 23.6. The smallest absolute Gasteiger partial charge is 0.280 e. The van der Waals surface area contributed by atoms with Crippen molar-refractivity contribution in [3.63, 3.8) is 0 Å². The lowest BCUT2D eigenvalue weighted by atomic mass is 10.2. The minimum Gasteiger partial charge on any atom is -0.342 e. The van der Waals surface area contributed by atoms with Crippen LogP contribution in [0.2, 0.25) is 10.0 Å². The minimum atomic E-state index is -3.04. The average molecular weight is 405 g/mol. The minimum absolute atomic E-state index is 0.0768. The first kappa shape index (κ1) is 17.8. The highest BCUT2D eigenvalue weighted by Gasteiger charge is 2.48. The van der Waals surface area contributed by atoms with Crippen molar-refractivity contribution in [3.8, 4) is 0 Å². The summed E-state index contributed by atoms with van der Waals surface area (Å²) in [6, 6.07) is 4.41. The molecule has 5 nitrogen and oxygen atoms in total. The van der Waals surface area contributed by atoms with E-state index in [1.807, 2.05) is 4.90 Å². The van der Waals surface area contributed by atoms with Gasteiger partial charge >= 0.3 is 0 Å². The largest absolute Gasteiger partial charge is 0.342 e. The van der Waals surface area contributed by atoms with E-state index in [9.17, 15) is 13.2 Å². The Hall–Kier alpha value is -1.02. The lowest BCUT2D eigenvalue weighted by molar-refractivity contribution is 0.100. The molecule has 1 amide bonds. The first-order valence-corrected chi connectivity index (χ1v) is 10.6. The second-order valence-electron chi connectivity index (χ2n) is 5.57. The molecule has 3 rings (SSSR count). The van der Waals surface area contributed by atoms with Gasteiger partial charge in [0.2, 0.25) is 0 Å². The Labute approximate surface area is 154 Å². The number of benzene rings is 1. The molecule has 0 radical (unpaired) electrons. The van der Waals surface area contributed by atoms with Crippen molar-refractivity contribution in [1.29, 1.82) is 0 Å². The molecule has 2 aliphatic rings. The van der Waals surface area contributed by atoms with Crippen molar-refractivity contribution in [2.24, 2.45) is 4.99 Å². The first-order valence-electron chi connectivity index (χ1n) is 7.13. The van der Waals surface area contributed by atoms with E-state index in [2.05, 4.69) is 11.6 Å². The maximum absolute atomic E-state index is 12.4. The van der Waals surface area contributed by atoms with Gasteiger partial charge in [-0.1, -0.05) is 41.0 Å². The number of hydrogen-bond acceptors (Lipinski definition) is 4. The summed E-state index contributed by atoms with van der Waals surface area (Å²) in [5.74, 6) is -0.297. The molecule has 1 aromatic rings. The Balaban J connectivity index is 1.89. The summed E-state index contributed by atoms with van der Waals surface area (Å²) in [5, 5.41) is 1.07. The van der Waals surface area contributed by atoms with Crippen molar-refractivity contribution in [3.05, 3.63) is 46.5 Å². The third-order valence-corrected chi connectivity index (χ3v) is 7.65. The van der Waals surface area contributed by atoms with Gasteiger partial charge in [-0.05, 0) is 18.2 Å². The average Bonchev–Trinajstić information content (AvgIpc) is 2.92.